The minimum Gasteiger partial charge on any atom is -0.345 e. The SMILES string of the molecule is CCC(CN)c1nc(-c2ccc(F)cn2)c(C)[nH]1. The molecule has 0 fully saturated rings. The number of aromatic nitrogens is 3. The van der Waals surface area contributed by atoms with Gasteiger partial charge in [0.2, 0.25) is 0 Å². The standard InChI is InChI=1S/C13H17FN4/c1-3-9(6-15)13-17-8(2)12(18-13)11-5-4-10(14)7-16-11/h4-5,7,9H,3,6,15H2,1-2H3,(H,17,18). The van der Waals surface area contributed by atoms with Gasteiger partial charge in [-0.15, -0.1) is 0 Å². The molecule has 0 saturated carbocycles. The lowest BCUT2D eigenvalue weighted by molar-refractivity contribution is 0.621. The van der Waals surface area contributed by atoms with E-state index in [1.807, 2.05) is 6.92 Å². The largest absolute Gasteiger partial charge is 0.345 e. The molecule has 3 N–H and O–H groups in total. The summed E-state index contributed by atoms with van der Waals surface area (Å²) in [7, 11) is 0. The average Bonchev–Trinajstić information content (AvgIpc) is 2.74. The molecule has 2 aromatic rings. The number of imidazole rings is 1. The number of nitrogens with zero attached hydrogens (tertiary/aromatic N) is 2. The minimum absolute atomic E-state index is 0.220. The first-order chi connectivity index (χ1) is 8.65. The number of aromatic amines is 1. The summed E-state index contributed by atoms with van der Waals surface area (Å²) >= 11 is 0. The number of halogens is 1. The Labute approximate surface area is 105 Å². The molecule has 2 heterocycles. The molecule has 18 heavy (non-hydrogen) atoms. The van der Waals surface area contributed by atoms with Gasteiger partial charge in [-0.2, -0.15) is 0 Å². The van der Waals surface area contributed by atoms with Crippen LogP contribution in [0.1, 0.15) is 30.8 Å². The maximum atomic E-state index is 12.8. The Hall–Kier alpha value is -1.75. The van der Waals surface area contributed by atoms with E-state index in [-0.39, 0.29) is 11.7 Å². The van der Waals surface area contributed by atoms with Gasteiger partial charge in [-0.25, -0.2) is 9.37 Å². The summed E-state index contributed by atoms with van der Waals surface area (Å²) < 4.78 is 12.8. The summed E-state index contributed by atoms with van der Waals surface area (Å²) in [6.45, 7) is 4.56. The van der Waals surface area contributed by atoms with Crippen LogP contribution >= 0.6 is 0 Å². The summed E-state index contributed by atoms with van der Waals surface area (Å²) in [6.07, 6.45) is 2.13. The normalized spacial score (nSPS) is 12.7. The first-order valence-corrected chi connectivity index (χ1v) is 6.04. The van der Waals surface area contributed by atoms with Crippen molar-refractivity contribution in [1.82, 2.24) is 15.0 Å². The van der Waals surface area contributed by atoms with E-state index in [0.29, 0.717) is 12.2 Å². The molecule has 2 aromatic heterocycles. The highest BCUT2D eigenvalue weighted by molar-refractivity contribution is 5.57. The van der Waals surface area contributed by atoms with Gasteiger partial charge in [0.1, 0.15) is 17.3 Å². The third-order valence-corrected chi connectivity index (χ3v) is 3.04. The molecule has 0 amide bonds. The van der Waals surface area contributed by atoms with E-state index in [4.69, 9.17) is 5.73 Å². The van der Waals surface area contributed by atoms with Gasteiger partial charge in [0.15, 0.2) is 0 Å². The lowest BCUT2D eigenvalue weighted by Gasteiger charge is -2.07. The highest BCUT2D eigenvalue weighted by atomic mass is 19.1. The van der Waals surface area contributed by atoms with Gasteiger partial charge >= 0.3 is 0 Å². The van der Waals surface area contributed by atoms with Crippen molar-refractivity contribution >= 4 is 0 Å². The molecular weight excluding hydrogens is 231 g/mol. The Morgan fingerprint density at radius 1 is 1.44 bits per heavy atom. The molecule has 1 atom stereocenters. The maximum absolute atomic E-state index is 12.8. The molecule has 0 saturated heterocycles. The van der Waals surface area contributed by atoms with E-state index in [1.165, 1.54) is 12.3 Å². The topological polar surface area (TPSA) is 67.6 Å². The summed E-state index contributed by atoms with van der Waals surface area (Å²) in [4.78, 5) is 11.8. The fraction of sp³-hybridized carbons (Fsp3) is 0.385. The lowest BCUT2D eigenvalue weighted by atomic mass is 10.1. The number of hydrogen-bond donors (Lipinski definition) is 2. The molecule has 0 aliphatic heterocycles. The average molecular weight is 248 g/mol. The molecule has 1 unspecified atom stereocenters. The quantitative estimate of drug-likeness (QED) is 0.872. The monoisotopic (exact) mass is 248 g/mol. The van der Waals surface area contributed by atoms with E-state index < -0.39 is 0 Å². The van der Waals surface area contributed by atoms with Crippen LogP contribution in [0.25, 0.3) is 11.4 Å². The Kier molecular flexibility index (Phi) is 3.72. The number of pyridine rings is 1. The molecule has 0 aliphatic carbocycles. The molecule has 96 valence electrons. The Balaban J connectivity index is 2.37. The first-order valence-electron chi connectivity index (χ1n) is 6.04. The number of nitrogens with one attached hydrogen (secondary N) is 1. The van der Waals surface area contributed by atoms with Crippen LogP contribution in [0.4, 0.5) is 4.39 Å². The molecule has 0 spiro atoms. The van der Waals surface area contributed by atoms with Crippen LogP contribution in [0.15, 0.2) is 18.3 Å². The maximum Gasteiger partial charge on any atom is 0.141 e. The van der Waals surface area contributed by atoms with Crippen LogP contribution in [0.2, 0.25) is 0 Å². The molecule has 0 bridgehead atoms. The Morgan fingerprint density at radius 3 is 2.78 bits per heavy atom. The molecular formula is C13H17FN4. The van der Waals surface area contributed by atoms with Crippen molar-refractivity contribution in [3.63, 3.8) is 0 Å². The van der Waals surface area contributed by atoms with Crippen LogP contribution in [0, 0.1) is 12.7 Å². The van der Waals surface area contributed by atoms with Crippen molar-refractivity contribution in [2.45, 2.75) is 26.2 Å². The van der Waals surface area contributed by atoms with Gasteiger partial charge < -0.3 is 10.7 Å². The number of aryl methyl sites for hydroxylation is 1. The van der Waals surface area contributed by atoms with Crippen LogP contribution < -0.4 is 5.73 Å². The van der Waals surface area contributed by atoms with Gasteiger partial charge in [0.05, 0.1) is 11.9 Å². The van der Waals surface area contributed by atoms with E-state index in [2.05, 4.69) is 21.9 Å². The Bertz CT molecular complexity index is 514. The first kappa shape index (κ1) is 12.7. The van der Waals surface area contributed by atoms with Crippen LogP contribution in [-0.2, 0) is 0 Å². The molecule has 0 aromatic carbocycles. The Morgan fingerprint density at radius 2 is 2.22 bits per heavy atom. The highest BCUT2D eigenvalue weighted by Gasteiger charge is 2.15. The predicted octanol–water partition coefficient (Wildman–Crippen LogP) is 2.37. The van der Waals surface area contributed by atoms with Crippen LogP contribution in [0.3, 0.4) is 0 Å². The predicted molar refractivity (Wildman–Crippen MR) is 68.6 cm³/mol. The van der Waals surface area contributed by atoms with Gasteiger partial charge in [0, 0.05) is 18.2 Å². The second kappa shape index (κ2) is 5.27. The minimum atomic E-state index is -0.347. The van der Waals surface area contributed by atoms with Crippen molar-refractivity contribution in [2.24, 2.45) is 5.73 Å². The number of nitrogens with two attached hydrogens (primary N) is 1. The summed E-state index contributed by atoms with van der Waals surface area (Å²) in [5, 5.41) is 0. The van der Waals surface area contributed by atoms with Crippen LogP contribution in [-0.4, -0.2) is 21.5 Å². The van der Waals surface area contributed by atoms with Crippen molar-refractivity contribution in [1.29, 1.82) is 0 Å². The summed E-state index contributed by atoms with van der Waals surface area (Å²) in [6, 6.07) is 3.02. The number of hydrogen-bond acceptors (Lipinski definition) is 3. The smallest absolute Gasteiger partial charge is 0.141 e. The highest BCUT2D eigenvalue weighted by Crippen LogP contribution is 2.23. The molecule has 4 nitrogen and oxygen atoms in total. The number of rotatable bonds is 4. The molecule has 5 heteroatoms. The van der Waals surface area contributed by atoms with E-state index >= 15 is 0 Å². The zero-order valence-electron chi connectivity index (χ0n) is 10.6. The van der Waals surface area contributed by atoms with E-state index in [0.717, 1.165) is 23.6 Å². The zero-order valence-corrected chi connectivity index (χ0v) is 10.6. The van der Waals surface area contributed by atoms with Gasteiger partial charge in [-0.1, -0.05) is 6.92 Å². The molecule has 2 rings (SSSR count). The number of H-pyrrole nitrogens is 1. The lowest BCUT2D eigenvalue weighted by Crippen LogP contribution is -2.12. The van der Waals surface area contributed by atoms with Gasteiger partial charge in [-0.3, -0.25) is 4.98 Å². The molecule has 0 aliphatic rings. The summed E-state index contributed by atoms with van der Waals surface area (Å²) in [5.74, 6) is 0.747. The second-order valence-corrected chi connectivity index (χ2v) is 4.30. The van der Waals surface area contributed by atoms with E-state index in [9.17, 15) is 4.39 Å². The fourth-order valence-corrected chi connectivity index (χ4v) is 1.91. The van der Waals surface area contributed by atoms with E-state index in [1.54, 1.807) is 6.07 Å². The van der Waals surface area contributed by atoms with Crippen molar-refractivity contribution < 1.29 is 4.39 Å². The van der Waals surface area contributed by atoms with Crippen molar-refractivity contribution in [3.05, 3.63) is 35.7 Å². The third kappa shape index (κ3) is 2.41. The fourth-order valence-electron chi connectivity index (χ4n) is 1.91. The zero-order chi connectivity index (χ0) is 13.1. The molecule has 0 radical (unpaired) electrons. The third-order valence-electron chi connectivity index (χ3n) is 3.04. The van der Waals surface area contributed by atoms with Gasteiger partial charge in [-0.05, 0) is 25.5 Å². The second-order valence-electron chi connectivity index (χ2n) is 4.30. The van der Waals surface area contributed by atoms with Crippen LogP contribution in [0.5, 0.6) is 0 Å². The van der Waals surface area contributed by atoms with Gasteiger partial charge in [0.25, 0.3) is 0 Å². The van der Waals surface area contributed by atoms with Crippen molar-refractivity contribution in [2.75, 3.05) is 6.54 Å². The summed E-state index contributed by atoms with van der Waals surface area (Å²) in [5.41, 5.74) is 8.07. The van der Waals surface area contributed by atoms with Crippen molar-refractivity contribution in [3.8, 4) is 11.4 Å².